The van der Waals surface area contributed by atoms with E-state index in [0.29, 0.717) is 17.5 Å². The first-order valence-corrected chi connectivity index (χ1v) is 12.1. The third-order valence-corrected chi connectivity index (χ3v) is 7.07. The van der Waals surface area contributed by atoms with Gasteiger partial charge in [-0.25, -0.2) is 14.4 Å². The number of ether oxygens (including phenoxy) is 1. The molecular formula is C25H33FN6O. The zero-order chi connectivity index (χ0) is 22.9. The molecule has 0 aromatic carbocycles. The van der Waals surface area contributed by atoms with Gasteiger partial charge in [0.05, 0.1) is 17.3 Å². The van der Waals surface area contributed by atoms with E-state index in [1.807, 2.05) is 6.20 Å². The van der Waals surface area contributed by atoms with E-state index in [2.05, 4.69) is 44.9 Å². The number of nitrogens with one attached hydrogen (secondary N) is 1. The molecule has 3 aromatic rings. The molecule has 8 heteroatoms. The van der Waals surface area contributed by atoms with Gasteiger partial charge in [-0.15, -0.1) is 0 Å². The molecule has 2 aliphatic rings. The second-order valence-electron chi connectivity index (χ2n) is 9.49. The number of fused-ring (bicyclic) bond motifs is 1. The SMILES string of the molecule is CCNc1cc2c(cn1)c(C1CCN(C)C1)nn2C1CCC(Oc2nccc(C)c2F)CC1. The van der Waals surface area contributed by atoms with E-state index in [0.717, 1.165) is 63.1 Å². The molecule has 1 aliphatic carbocycles. The minimum absolute atomic E-state index is 0.0196. The Morgan fingerprint density at radius 2 is 2.00 bits per heavy atom. The van der Waals surface area contributed by atoms with Crippen LogP contribution in [0.2, 0.25) is 0 Å². The van der Waals surface area contributed by atoms with E-state index in [9.17, 15) is 4.39 Å². The molecule has 33 heavy (non-hydrogen) atoms. The van der Waals surface area contributed by atoms with Crippen LogP contribution in [0.3, 0.4) is 0 Å². The zero-order valence-corrected chi connectivity index (χ0v) is 19.7. The van der Waals surface area contributed by atoms with Crippen LogP contribution < -0.4 is 10.1 Å². The number of aryl methyl sites for hydroxylation is 1. The largest absolute Gasteiger partial charge is 0.472 e. The Hall–Kier alpha value is -2.74. The Kier molecular flexibility index (Phi) is 6.19. The van der Waals surface area contributed by atoms with Gasteiger partial charge in [0, 0.05) is 42.9 Å². The smallest absolute Gasteiger partial charge is 0.250 e. The van der Waals surface area contributed by atoms with Crippen LogP contribution in [-0.2, 0) is 0 Å². The fourth-order valence-electron chi connectivity index (χ4n) is 5.23. The van der Waals surface area contributed by atoms with Crippen molar-refractivity contribution in [3.63, 3.8) is 0 Å². The molecule has 176 valence electrons. The molecule has 4 heterocycles. The van der Waals surface area contributed by atoms with Crippen LogP contribution in [0.5, 0.6) is 5.88 Å². The Morgan fingerprint density at radius 1 is 1.18 bits per heavy atom. The molecule has 1 saturated heterocycles. The molecule has 1 aliphatic heterocycles. The number of likely N-dealkylation sites (N-methyl/N-ethyl adjacent to an activating group) is 1. The maximum atomic E-state index is 14.3. The van der Waals surface area contributed by atoms with Gasteiger partial charge in [-0.05, 0) is 71.2 Å². The van der Waals surface area contributed by atoms with Crippen molar-refractivity contribution in [3.8, 4) is 5.88 Å². The summed E-state index contributed by atoms with van der Waals surface area (Å²) in [6.45, 7) is 6.79. The third kappa shape index (κ3) is 4.40. The first-order valence-electron chi connectivity index (χ1n) is 12.1. The molecule has 1 atom stereocenters. The fraction of sp³-hybridized carbons (Fsp3) is 0.560. The lowest BCUT2D eigenvalue weighted by molar-refractivity contribution is 0.120. The summed E-state index contributed by atoms with van der Waals surface area (Å²) in [5.74, 6) is 1.10. The predicted octanol–water partition coefficient (Wildman–Crippen LogP) is 4.69. The number of nitrogens with zero attached hydrogens (tertiary/aromatic N) is 5. The van der Waals surface area contributed by atoms with Gasteiger partial charge in [0.2, 0.25) is 0 Å². The van der Waals surface area contributed by atoms with Crippen molar-refractivity contribution in [2.75, 3.05) is 32.0 Å². The minimum Gasteiger partial charge on any atom is -0.472 e. The Morgan fingerprint density at radius 3 is 2.73 bits per heavy atom. The molecule has 1 saturated carbocycles. The number of halogens is 1. The van der Waals surface area contributed by atoms with Crippen LogP contribution in [0.1, 0.15) is 62.2 Å². The maximum Gasteiger partial charge on any atom is 0.250 e. The van der Waals surface area contributed by atoms with Gasteiger partial charge in [0.25, 0.3) is 5.88 Å². The predicted molar refractivity (Wildman–Crippen MR) is 127 cm³/mol. The van der Waals surface area contributed by atoms with Gasteiger partial charge >= 0.3 is 0 Å². The van der Waals surface area contributed by atoms with Gasteiger partial charge < -0.3 is 15.0 Å². The lowest BCUT2D eigenvalue weighted by Gasteiger charge is -2.29. The van der Waals surface area contributed by atoms with Gasteiger partial charge in [0.15, 0.2) is 5.82 Å². The number of hydrogen-bond acceptors (Lipinski definition) is 6. The van der Waals surface area contributed by atoms with E-state index in [1.165, 1.54) is 11.1 Å². The van der Waals surface area contributed by atoms with E-state index in [-0.39, 0.29) is 17.8 Å². The summed E-state index contributed by atoms with van der Waals surface area (Å²) in [5.41, 5.74) is 2.89. The summed E-state index contributed by atoms with van der Waals surface area (Å²) < 4.78 is 22.5. The second-order valence-corrected chi connectivity index (χ2v) is 9.49. The van der Waals surface area contributed by atoms with E-state index >= 15 is 0 Å². The number of rotatable bonds is 6. The number of likely N-dealkylation sites (tertiary alicyclic amines) is 1. The molecule has 1 N–H and O–H groups in total. The zero-order valence-electron chi connectivity index (χ0n) is 19.7. The first-order chi connectivity index (χ1) is 16.0. The highest BCUT2D eigenvalue weighted by molar-refractivity contribution is 5.84. The number of pyridine rings is 2. The van der Waals surface area contributed by atoms with Crippen LogP contribution in [0.15, 0.2) is 24.5 Å². The minimum atomic E-state index is -0.354. The molecule has 0 amide bonds. The summed E-state index contributed by atoms with van der Waals surface area (Å²) in [7, 11) is 2.17. The molecule has 0 spiro atoms. The summed E-state index contributed by atoms with van der Waals surface area (Å²) in [5, 5.41) is 9.68. The molecule has 0 bridgehead atoms. The van der Waals surface area contributed by atoms with Crippen molar-refractivity contribution in [2.24, 2.45) is 0 Å². The topological polar surface area (TPSA) is 68.1 Å². The third-order valence-electron chi connectivity index (χ3n) is 7.07. The average molecular weight is 453 g/mol. The van der Waals surface area contributed by atoms with Gasteiger partial charge in [-0.1, -0.05) is 0 Å². The maximum absolute atomic E-state index is 14.3. The van der Waals surface area contributed by atoms with Crippen LogP contribution in [-0.4, -0.2) is 57.4 Å². The van der Waals surface area contributed by atoms with Crippen molar-refractivity contribution in [1.82, 2.24) is 24.6 Å². The molecule has 7 nitrogen and oxygen atoms in total. The highest BCUT2D eigenvalue weighted by Crippen LogP contribution is 2.37. The van der Waals surface area contributed by atoms with Crippen LogP contribution in [0, 0.1) is 12.7 Å². The van der Waals surface area contributed by atoms with Crippen LogP contribution in [0.25, 0.3) is 10.9 Å². The Bertz CT molecular complexity index is 1120. The molecule has 3 aromatic heterocycles. The van der Waals surface area contributed by atoms with E-state index in [4.69, 9.17) is 9.84 Å². The molecular weight excluding hydrogens is 419 g/mol. The van der Waals surface area contributed by atoms with E-state index < -0.39 is 0 Å². The fourth-order valence-corrected chi connectivity index (χ4v) is 5.23. The van der Waals surface area contributed by atoms with Crippen molar-refractivity contribution in [3.05, 3.63) is 41.6 Å². The van der Waals surface area contributed by atoms with Crippen molar-refractivity contribution < 1.29 is 9.13 Å². The van der Waals surface area contributed by atoms with Gasteiger partial charge in [-0.3, -0.25) is 4.68 Å². The Labute approximate surface area is 194 Å². The van der Waals surface area contributed by atoms with E-state index in [1.54, 1.807) is 19.2 Å². The quantitative estimate of drug-likeness (QED) is 0.585. The number of aromatic nitrogens is 4. The van der Waals surface area contributed by atoms with Gasteiger partial charge in [0.1, 0.15) is 11.9 Å². The normalized spacial score (nSPS) is 23.8. The van der Waals surface area contributed by atoms with Gasteiger partial charge in [-0.2, -0.15) is 5.10 Å². The van der Waals surface area contributed by atoms with Crippen LogP contribution in [0.4, 0.5) is 10.2 Å². The average Bonchev–Trinajstić information content (AvgIpc) is 3.41. The monoisotopic (exact) mass is 452 g/mol. The molecule has 1 unspecified atom stereocenters. The Balaban J connectivity index is 1.37. The summed E-state index contributed by atoms with van der Waals surface area (Å²) in [6, 6.07) is 4.10. The lowest BCUT2D eigenvalue weighted by atomic mass is 9.93. The highest BCUT2D eigenvalue weighted by atomic mass is 19.1. The second kappa shape index (κ2) is 9.25. The summed E-state index contributed by atoms with van der Waals surface area (Å²) in [6.07, 6.45) is 8.30. The summed E-state index contributed by atoms with van der Waals surface area (Å²) >= 11 is 0. The molecule has 2 fully saturated rings. The first kappa shape index (κ1) is 22.1. The highest BCUT2D eigenvalue weighted by Gasteiger charge is 2.30. The van der Waals surface area contributed by atoms with Crippen LogP contribution >= 0.6 is 0 Å². The summed E-state index contributed by atoms with van der Waals surface area (Å²) in [4.78, 5) is 11.1. The van der Waals surface area contributed by atoms with Crippen molar-refractivity contribution in [2.45, 2.75) is 64.0 Å². The molecule has 5 rings (SSSR count). The number of hydrogen-bond donors (Lipinski definition) is 1. The van der Waals surface area contributed by atoms with Crippen molar-refractivity contribution in [1.29, 1.82) is 0 Å². The number of anilines is 1. The lowest BCUT2D eigenvalue weighted by Crippen LogP contribution is -2.27. The standard InChI is InChI=1S/C25H33FN6O/c1-4-27-22-13-21-20(14-29-22)24(17-10-12-31(3)15-17)30-32(21)18-5-7-19(8-6-18)33-25-23(26)16(2)9-11-28-25/h9,11,13-14,17-19H,4-8,10,12,15H2,1-3H3,(H,27,29). The van der Waals surface area contributed by atoms with Crippen molar-refractivity contribution >= 4 is 16.7 Å². The molecule has 0 radical (unpaired) electrons.